The van der Waals surface area contributed by atoms with Gasteiger partial charge in [-0.25, -0.2) is 0 Å². The van der Waals surface area contributed by atoms with Crippen LogP contribution in [-0.4, -0.2) is 51.4 Å². The summed E-state index contributed by atoms with van der Waals surface area (Å²) in [4.78, 5) is 36.0. The Kier molecular flexibility index (Phi) is 18.0. The molecule has 0 aromatic heterocycles. The molecule has 1 rings (SSSR count). The lowest BCUT2D eigenvalue weighted by Crippen LogP contribution is -2.25. The molecule has 7 heteroatoms. The monoisotopic (exact) mass is 510 g/mol. The molecule has 0 aliphatic carbocycles. The van der Waals surface area contributed by atoms with Crippen LogP contribution in [0.15, 0.2) is 11.6 Å². The zero-order valence-electron chi connectivity index (χ0n) is 23.2. The van der Waals surface area contributed by atoms with E-state index in [1.807, 2.05) is 0 Å². The third kappa shape index (κ3) is 15.3. The molecule has 1 aliphatic rings. The number of rotatable bonds is 20. The summed E-state index contributed by atoms with van der Waals surface area (Å²) in [5.41, 5.74) is 1.41. The van der Waals surface area contributed by atoms with Gasteiger partial charge in [0.2, 0.25) is 0 Å². The second-order valence-corrected chi connectivity index (χ2v) is 10.00. The SMILES string of the molecule is CCCC(=CCCC(=O)OCC(CC)CCCC(=O)OCC(CCOC)CC1CCOC(=O)C1)CC. The summed E-state index contributed by atoms with van der Waals surface area (Å²) in [5.74, 6) is 0.226. The van der Waals surface area contributed by atoms with Crippen molar-refractivity contribution in [2.75, 3.05) is 33.5 Å². The van der Waals surface area contributed by atoms with Gasteiger partial charge in [-0.1, -0.05) is 45.3 Å². The fourth-order valence-corrected chi connectivity index (χ4v) is 4.61. The molecule has 0 spiro atoms. The Morgan fingerprint density at radius 2 is 1.75 bits per heavy atom. The van der Waals surface area contributed by atoms with E-state index in [2.05, 4.69) is 26.8 Å². The fourth-order valence-electron chi connectivity index (χ4n) is 4.61. The highest BCUT2D eigenvalue weighted by atomic mass is 16.5. The smallest absolute Gasteiger partial charge is 0.306 e. The van der Waals surface area contributed by atoms with Crippen molar-refractivity contribution in [1.29, 1.82) is 0 Å². The highest BCUT2D eigenvalue weighted by Crippen LogP contribution is 2.26. The van der Waals surface area contributed by atoms with E-state index in [-0.39, 0.29) is 35.7 Å². The highest BCUT2D eigenvalue weighted by molar-refractivity contribution is 5.70. The molecule has 0 radical (unpaired) electrons. The van der Waals surface area contributed by atoms with E-state index in [4.69, 9.17) is 18.9 Å². The number of carbonyl (C=O) groups excluding carboxylic acids is 3. The molecule has 3 unspecified atom stereocenters. The fraction of sp³-hybridized carbons (Fsp3) is 0.828. The highest BCUT2D eigenvalue weighted by Gasteiger charge is 2.25. The minimum atomic E-state index is -0.196. The summed E-state index contributed by atoms with van der Waals surface area (Å²) in [7, 11) is 1.66. The normalized spacial score (nSPS) is 17.8. The molecule has 208 valence electrons. The molecule has 0 aromatic rings. The molecule has 36 heavy (non-hydrogen) atoms. The third-order valence-electron chi connectivity index (χ3n) is 6.98. The van der Waals surface area contributed by atoms with E-state index in [1.54, 1.807) is 7.11 Å². The van der Waals surface area contributed by atoms with Crippen LogP contribution in [0.1, 0.15) is 104 Å². The molecular weight excluding hydrogens is 460 g/mol. The van der Waals surface area contributed by atoms with Gasteiger partial charge in [0.15, 0.2) is 0 Å². The maximum absolute atomic E-state index is 12.3. The van der Waals surface area contributed by atoms with Crippen molar-refractivity contribution >= 4 is 17.9 Å². The number of carbonyl (C=O) groups is 3. The number of ether oxygens (including phenoxy) is 4. The molecule has 1 saturated heterocycles. The first-order valence-electron chi connectivity index (χ1n) is 14.0. The zero-order valence-corrected chi connectivity index (χ0v) is 23.2. The maximum atomic E-state index is 12.3. The van der Waals surface area contributed by atoms with Crippen molar-refractivity contribution in [3.05, 3.63) is 11.6 Å². The summed E-state index contributed by atoms with van der Waals surface area (Å²) < 4.78 is 21.3. The quantitative estimate of drug-likeness (QED) is 0.110. The number of cyclic esters (lactones) is 1. The topological polar surface area (TPSA) is 88.1 Å². The average molecular weight is 511 g/mol. The Morgan fingerprint density at radius 3 is 2.39 bits per heavy atom. The second-order valence-electron chi connectivity index (χ2n) is 10.00. The van der Waals surface area contributed by atoms with Gasteiger partial charge in [-0.3, -0.25) is 14.4 Å². The van der Waals surface area contributed by atoms with Crippen LogP contribution in [0.3, 0.4) is 0 Å². The average Bonchev–Trinajstić information content (AvgIpc) is 2.87. The molecular formula is C29H50O7. The summed E-state index contributed by atoms with van der Waals surface area (Å²) in [5, 5.41) is 0. The summed E-state index contributed by atoms with van der Waals surface area (Å²) >= 11 is 0. The van der Waals surface area contributed by atoms with Crippen molar-refractivity contribution in [1.82, 2.24) is 0 Å². The molecule has 3 atom stereocenters. The molecule has 7 nitrogen and oxygen atoms in total. The van der Waals surface area contributed by atoms with Crippen molar-refractivity contribution in [3.8, 4) is 0 Å². The summed E-state index contributed by atoms with van der Waals surface area (Å²) in [6.45, 7) is 8.24. The number of allylic oxidation sites excluding steroid dienone is 2. The van der Waals surface area contributed by atoms with Crippen molar-refractivity contribution in [2.24, 2.45) is 17.8 Å². The Morgan fingerprint density at radius 1 is 1.03 bits per heavy atom. The number of esters is 3. The van der Waals surface area contributed by atoms with Crippen LogP contribution in [-0.2, 0) is 33.3 Å². The summed E-state index contributed by atoms with van der Waals surface area (Å²) in [6.07, 6.45) is 12.3. The minimum absolute atomic E-state index is 0.140. The van der Waals surface area contributed by atoms with Gasteiger partial charge in [0.25, 0.3) is 0 Å². The van der Waals surface area contributed by atoms with Gasteiger partial charge in [0.1, 0.15) is 0 Å². The van der Waals surface area contributed by atoms with E-state index >= 15 is 0 Å². The van der Waals surface area contributed by atoms with Crippen LogP contribution in [0.4, 0.5) is 0 Å². The molecule has 0 saturated carbocycles. The van der Waals surface area contributed by atoms with Gasteiger partial charge in [-0.15, -0.1) is 0 Å². The standard InChI is InChI=1S/C29H50O7/c1-5-10-23(6-2)11-8-13-27(30)35-21-24(7-3)12-9-14-28(31)36-22-26(15-17-33-4)19-25-16-18-34-29(32)20-25/h11,24-26H,5-10,12-22H2,1-4H3. The molecule has 0 amide bonds. The van der Waals surface area contributed by atoms with Gasteiger partial charge >= 0.3 is 17.9 Å². The largest absolute Gasteiger partial charge is 0.466 e. The van der Waals surface area contributed by atoms with Gasteiger partial charge in [0, 0.05) is 33.0 Å². The Bertz CT molecular complexity index is 658. The first kappa shape index (κ1) is 32.1. The van der Waals surface area contributed by atoms with Gasteiger partial charge in [-0.05, 0) is 69.1 Å². The van der Waals surface area contributed by atoms with E-state index < -0.39 is 0 Å². The molecule has 0 N–H and O–H groups in total. The zero-order chi connectivity index (χ0) is 26.6. The van der Waals surface area contributed by atoms with Crippen LogP contribution >= 0.6 is 0 Å². The van der Waals surface area contributed by atoms with Crippen LogP contribution in [0, 0.1) is 17.8 Å². The Hall–Kier alpha value is -1.89. The van der Waals surface area contributed by atoms with E-state index in [0.717, 1.165) is 57.8 Å². The van der Waals surface area contributed by atoms with E-state index in [0.29, 0.717) is 52.1 Å². The van der Waals surface area contributed by atoms with Crippen LogP contribution in [0.5, 0.6) is 0 Å². The van der Waals surface area contributed by atoms with Gasteiger partial charge in [0.05, 0.1) is 19.8 Å². The van der Waals surface area contributed by atoms with Crippen molar-refractivity contribution in [2.45, 2.75) is 104 Å². The van der Waals surface area contributed by atoms with Crippen molar-refractivity contribution < 1.29 is 33.3 Å². The molecule has 0 aromatic carbocycles. The Labute approximate surface area is 218 Å². The molecule has 0 bridgehead atoms. The van der Waals surface area contributed by atoms with Crippen LogP contribution in [0.2, 0.25) is 0 Å². The van der Waals surface area contributed by atoms with E-state index in [9.17, 15) is 14.4 Å². The van der Waals surface area contributed by atoms with Crippen LogP contribution in [0.25, 0.3) is 0 Å². The molecule has 1 aliphatic heterocycles. The lowest BCUT2D eigenvalue weighted by molar-refractivity contribution is -0.151. The first-order valence-corrected chi connectivity index (χ1v) is 14.0. The molecule has 1 fully saturated rings. The third-order valence-corrected chi connectivity index (χ3v) is 6.98. The lowest BCUT2D eigenvalue weighted by Gasteiger charge is -2.25. The van der Waals surface area contributed by atoms with E-state index in [1.165, 1.54) is 5.57 Å². The second kappa shape index (κ2) is 20.2. The minimum Gasteiger partial charge on any atom is -0.466 e. The number of hydrogen-bond donors (Lipinski definition) is 0. The maximum Gasteiger partial charge on any atom is 0.306 e. The van der Waals surface area contributed by atoms with Gasteiger partial charge in [-0.2, -0.15) is 0 Å². The predicted molar refractivity (Wildman–Crippen MR) is 140 cm³/mol. The summed E-state index contributed by atoms with van der Waals surface area (Å²) in [6, 6.07) is 0. The number of hydrogen-bond acceptors (Lipinski definition) is 7. The first-order chi connectivity index (χ1) is 17.4. The number of methoxy groups -OCH3 is 1. The lowest BCUT2D eigenvalue weighted by atomic mass is 9.87. The Balaban J connectivity index is 2.28. The van der Waals surface area contributed by atoms with Gasteiger partial charge < -0.3 is 18.9 Å². The molecule has 1 heterocycles. The van der Waals surface area contributed by atoms with Crippen molar-refractivity contribution in [3.63, 3.8) is 0 Å². The predicted octanol–water partition coefficient (Wildman–Crippen LogP) is 6.18. The van der Waals surface area contributed by atoms with Crippen LogP contribution < -0.4 is 0 Å².